The van der Waals surface area contributed by atoms with Crippen LogP contribution in [0.15, 0.2) is 12.1 Å². The van der Waals surface area contributed by atoms with Crippen molar-refractivity contribution in [1.29, 1.82) is 0 Å². The van der Waals surface area contributed by atoms with Gasteiger partial charge in [0.05, 0.1) is 0 Å². The normalized spacial score (nSPS) is 13.7. The summed E-state index contributed by atoms with van der Waals surface area (Å²) in [6.45, 7) is 4.79. The molecule has 1 aromatic carbocycles. The first kappa shape index (κ1) is 22.6. The number of nitrogens with one attached hydrogen (secondary N) is 1. The first-order valence-electron chi connectivity index (χ1n) is 8.97. The van der Waals surface area contributed by atoms with E-state index in [1.165, 1.54) is 6.07 Å². The van der Waals surface area contributed by atoms with Crippen LogP contribution in [0.25, 0.3) is 0 Å². The Bertz CT molecular complexity index is 516. The van der Waals surface area contributed by atoms with E-state index in [-0.39, 0.29) is 5.41 Å². The fourth-order valence-corrected chi connectivity index (χ4v) is 3.91. The van der Waals surface area contributed by atoms with Crippen LogP contribution in [0.4, 0.5) is 14.5 Å². The summed E-state index contributed by atoms with van der Waals surface area (Å²) in [4.78, 5) is 0. The molecule has 144 valence electrons. The SMILES string of the molecule is CCC(C)(CCCCSC)c1c(F)cc(F)cc1NCCCCSO. The molecule has 0 aliphatic carbocycles. The lowest BCUT2D eigenvalue weighted by Crippen LogP contribution is -2.25. The van der Waals surface area contributed by atoms with Crippen LogP contribution in [0.3, 0.4) is 0 Å². The summed E-state index contributed by atoms with van der Waals surface area (Å²) >= 11 is 2.65. The van der Waals surface area contributed by atoms with Crippen molar-refractivity contribution in [3.05, 3.63) is 29.3 Å². The highest BCUT2D eigenvalue weighted by atomic mass is 32.2. The average Bonchev–Trinajstić information content (AvgIpc) is 2.58. The molecule has 25 heavy (non-hydrogen) atoms. The Morgan fingerprint density at radius 3 is 2.48 bits per heavy atom. The molecule has 0 radical (unpaired) electrons. The van der Waals surface area contributed by atoms with Gasteiger partial charge in [-0.25, -0.2) is 8.78 Å². The Morgan fingerprint density at radius 1 is 1.12 bits per heavy atom. The summed E-state index contributed by atoms with van der Waals surface area (Å²) < 4.78 is 37.2. The van der Waals surface area contributed by atoms with E-state index in [4.69, 9.17) is 4.55 Å². The predicted molar refractivity (Wildman–Crippen MR) is 109 cm³/mol. The highest BCUT2D eigenvalue weighted by Gasteiger charge is 2.30. The maximum Gasteiger partial charge on any atom is 0.131 e. The summed E-state index contributed by atoms with van der Waals surface area (Å²) in [6, 6.07) is 2.41. The second kappa shape index (κ2) is 12.0. The molecule has 0 saturated heterocycles. The zero-order valence-electron chi connectivity index (χ0n) is 15.5. The summed E-state index contributed by atoms with van der Waals surface area (Å²) in [5.74, 6) is 0.784. The molecule has 0 heterocycles. The Morgan fingerprint density at radius 2 is 1.84 bits per heavy atom. The molecular weight excluding hydrogens is 360 g/mol. The Balaban J connectivity index is 2.92. The van der Waals surface area contributed by atoms with E-state index < -0.39 is 11.6 Å². The fraction of sp³-hybridized carbons (Fsp3) is 0.684. The molecule has 0 aliphatic rings. The molecule has 1 aromatic rings. The van der Waals surface area contributed by atoms with Crippen LogP contribution in [-0.4, -0.2) is 28.9 Å². The van der Waals surface area contributed by atoms with Gasteiger partial charge >= 0.3 is 0 Å². The van der Waals surface area contributed by atoms with Gasteiger partial charge in [-0.2, -0.15) is 11.8 Å². The largest absolute Gasteiger partial charge is 0.385 e. The lowest BCUT2D eigenvalue weighted by atomic mass is 9.75. The Kier molecular flexibility index (Phi) is 10.9. The summed E-state index contributed by atoms with van der Waals surface area (Å²) in [6.07, 6.45) is 7.65. The van der Waals surface area contributed by atoms with E-state index in [1.807, 2.05) is 11.8 Å². The van der Waals surface area contributed by atoms with E-state index in [9.17, 15) is 8.78 Å². The van der Waals surface area contributed by atoms with Crippen molar-refractivity contribution in [2.45, 2.75) is 57.8 Å². The minimum absolute atomic E-state index is 0.306. The van der Waals surface area contributed by atoms with Gasteiger partial charge < -0.3 is 9.87 Å². The molecule has 6 heteroatoms. The second-order valence-corrected chi connectivity index (χ2v) is 8.29. The van der Waals surface area contributed by atoms with Gasteiger partial charge in [-0.15, -0.1) is 0 Å². The van der Waals surface area contributed by atoms with Crippen LogP contribution >= 0.6 is 23.8 Å². The van der Waals surface area contributed by atoms with Crippen LogP contribution in [0, 0.1) is 11.6 Å². The molecule has 2 N–H and O–H groups in total. The number of rotatable bonds is 13. The molecule has 0 fully saturated rings. The van der Waals surface area contributed by atoms with E-state index in [2.05, 4.69) is 25.4 Å². The standard InChI is InChI=1S/C19H31F2NOS2/c1-4-19(2,9-5-7-11-24-3)18-16(21)13-15(20)14-17(18)22-10-6-8-12-25-23/h13-14,22-23H,4-12H2,1-3H3. The van der Waals surface area contributed by atoms with Crippen molar-refractivity contribution < 1.29 is 13.3 Å². The summed E-state index contributed by atoms with van der Waals surface area (Å²) in [5, 5.41) is 3.22. The third kappa shape index (κ3) is 7.35. The van der Waals surface area contributed by atoms with Crippen molar-refractivity contribution in [2.75, 3.05) is 29.6 Å². The van der Waals surface area contributed by atoms with Crippen molar-refractivity contribution in [1.82, 2.24) is 0 Å². The monoisotopic (exact) mass is 391 g/mol. The molecular formula is C19H31F2NOS2. The van der Waals surface area contributed by atoms with Crippen LogP contribution in [0.1, 0.15) is 57.9 Å². The highest BCUT2D eigenvalue weighted by molar-refractivity contribution is 7.98. The van der Waals surface area contributed by atoms with Crippen molar-refractivity contribution in [3.8, 4) is 0 Å². The third-order valence-electron chi connectivity index (χ3n) is 4.74. The van der Waals surface area contributed by atoms with Gasteiger partial charge in [0.15, 0.2) is 0 Å². The molecule has 0 bridgehead atoms. The van der Waals surface area contributed by atoms with Crippen LogP contribution < -0.4 is 5.32 Å². The predicted octanol–water partition coefficient (Wildman–Crippen LogP) is 6.56. The van der Waals surface area contributed by atoms with E-state index in [0.717, 1.165) is 62.4 Å². The molecule has 0 saturated carbocycles. The van der Waals surface area contributed by atoms with Gasteiger partial charge in [0.2, 0.25) is 0 Å². The number of unbranched alkanes of at least 4 members (excludes halogenated alkanes) is 2. The van der Waals surface area contributed by atoms with Gasteiger partial charge in [0.1, 0.15) is 11.6 Å². The van der Waals surface area contributed by atoms with Crippen LogP contribution in [-0.2, 0) is 5.41 Å². The lowest BCUT2D eigenvalue weighted by molar-refractivity contribution is 0.385. The minimum atomic E-state index is -0.546. The van der Waals surface area contributed by atoms with E-state index >= 15 is 0 Å². The summed E-state index contributed by atoms with van der Waals surface area (Å²) in [5.41, 5.74) is 0.875. The molecule has 0 aromatic heterocycles. The molecule has 1 rings (SSSR count). The quantitative estimate of drug-likeness (QED) is 0.294. The third-order valence-corrected chi connectivity index (χ3v) is 5.91. The fourth-order valence-electron chi connectivity index (χ4n) is 3.08. The van der Waals surface area contributed by atoms with Gasteiger partial charge in [-0.3, -0.25) is 0 Å². The second-order valence-electron chi connectivity index (χ2n) is 6.64. The smallest absolute Gasteiger partial charge is 0.131 e. The summed E-state index contributed by atoms with van der Waals surface area (Å²) in [7, 11) is 0. The zero-order valence-corrected chi connectivity index (χ0v) is 17.2. The van der Waals surface area contributed by atoms with E-state index in [1.54, 1.807) is 0 Å². The van der Waals surface area contributed by atoms with Gasteiger partial charge in [0, 0.05) is 29.6 Å². The number of anilines is 1. The average molecular weight is 392 g/mol. The number of hydrogen-bond donors (Lipinski definition) is 2. The zero-order chi connectivity index (χ0) is 18.7. The Hall–Kier alpha value is -0.460. The van der Waals surface area contributed by atoms with Crippen molar-refractivity contribution in [3.63, 3.8) is 0 Å². The van der Waals surface area contributed by atoms with Crippen molar-refractivity contribution >= 4 is 29.5 Å². The number of benzene rings is 1. The van der Waals surface area contributed by atoms with Crippen LogP contribution in [0.2, 0.25) is 0 Å². The number of hydrogen-bond acceptors (Lipinski definition) is 4. The molecule has 0 aliphatic heterocycles. The van der Waals surface area contributed by atoms with Crippen LogP contribution in [0.5, 0.6) is 0 Å². The molecule has 1 atom stereocenters. The van der Waals surface area contributed by atoms with Gasteiger partial charge in [-0.1, -0.05) is 20.3 Å². The first-order valence-corrected chi connectivity index (χ1v) is 11.3. The highest BCUT2D eigenvalue weighted by Crippen LogP contribution is 2.39. The topological polar surface area (TPSA) is 32.3 Å². The Labute approximate surface area is 159 Å². The lowest BCUT2D eigenvalue weighted by Gasteiger charge is -2.32. The molecule has 0 amide bonds. The maximum absolute atomic E-state index is 14.7. The number of halogens is 2. The van der Waals surface area contributed by atoms with Crippen molar-refractivity contribution in [2.24, 2.45) is 0 Å². The van der Waals surface area contributed by atoms with Gasteiger partial charge in [-0.05, 0) is 67.6 Å². The maximum atomic E-state index is 14.7. The molecule has 1 unspecified atom stereocenters. The molecule has 2 nitrogen and oxygen atoms in total. The minimum Gasteiger partial charge on any atom is -0.385 e. The molecule has 0 spiro atoms. The van der Waals surface area contributed by atoms with Gasteiger partial charge in [0.25, 0.3) is 0 Å². The van der Waals surface area contributed by atoms with E-state index in [0.29, 0.717) is 23.5 Å². The number of thioether (sulfide) groups is 1. The first-order chi connectivity index (χ1) is 12.0.